The third-order valence-corrected chi connectivity index (χ3v) is 3.25. The molecular formula is C15H19NO4. The van der Waals surface area contributed by atoms with E-state index in [4.69, 9.17) is 9.47 Å². The predicted octanol–water partition coefficient (Wildman–Crippen LogP) is 2.46. The van der Waals surface area contributed by atoms with Gasteiger partial charge in [-0.25, -0.2) is 4.79 Å². The van der Waals surface area contributed by atoms with Crippen molar-refractivity contribution in [2.45, 2.75) is 19.8 Å². The van der Waals surface area contributed by atoms with Crippen molar-refractivity contribution in [3.05, 3.63) is 30.3 Å². The van der Waals surface area contributed by atoms with Crippen LogP contribution in [0.2, 0.25) is 0 Å². The average Bonchev–Trinajstić information content (AvgIpc) is 2.48. The molecule has 1 aromatic carbocycles. The summed E-state index contributed by atoms with van der Waals surface area (Å²) >= 11 is 0. The van der Waals surface area contributed by atoms with Crippen LogP contribution in [0.4, 0.5) is 4.79 Å². The van der Waals surface area contributed by atoms with Crippen LogP contribution in [0, 0.1) is 5.92 Å². The average molecular weight is 277 g/mol. The van der Waals surface area contributed by atoms with Crippen LogP contribution in [0.3, 0.4) is 0 Å². The normalized spacial score (nSPS) is 18.4. The number of rotatable bonds is 3. The predicted molar refractivity (Wildman–Crippen MR) is 73.4 cm³/mol. The molecule has 1 aromatic rings. The summed E-state index contributed by atoms with van der Waals surface area (Å²) in [6.07, 6.45) is 1.13. The molecule has 5 heteroatoms. The SMILES string of the molecule is CCOC(=O)C1CCCN(C(=O)Oc2ccccc2)C1. The molecule has 0 N–H and O–H groups in total. The number of benzene rings is 1. The van der Waals surface area contributed by atoms with Crippen LogP contribution >= 0.6 is 0 Å². The number of carbonyl (C=O) groups excluding carboxylic acids is 2. The van der Waals surface area contributed by atoms with E-state index in [1.54, 1.807) is 36.1 Å². The van der Waals surface area contributed by atoms with E-state index in [1.807, 2.05) is 6.07 Å². The summed E-state index contributed by atoms with van der Waals surface area (Å²) in [5, 5.41) is 0. The van der Waals surface area contributed by atoms with Gasteiger partial charge in [0.1, 0.15) is 5.75 Å². The maximum atomic E-state index is 12.0. The Bertz CT molecular complexity index is 460. The highest BCUT2D eigenvalue weighted by Gasteiger charge is 2.30. The van der Waals surface area contributed by atoms with Crippen LogP contribution in [0.1, 0.15) is 19.8 Å². The topological polar surface area (TPSA) is 55.8 Å². The molecule has 0 spiro atoms. The molecular weight excluding hydrogens is 258 g/mol. The van der Waals surface area contributed by atoms with E-state index in [0.29, 0.717) is 25.4 Å². The van der Waals surface area contributed by atoms with Crippen molar-refractivity contribution >= 4 is 12.1 Å². The summed E-state index contributed by atoms with van der Waals surface area (Å²) in [7, 11) is 0. The van der Waals surface area contributed by atoms with E-state index in [0.717, 1.165) is 12.8 Å². The zero-order valence-corrected chi connectivity index (χ0v) is 11.6. The second-order valence-corrected chi connectivity index (χ2v) is 4.72. The molecule has 2 rings (SSSR count). The third-order valence-electron chi connectivity index (χ3n) is 3.25. The monoisotopic (exact) mass is 277 g/mol. The minimum Gasteiger partial charge on any atom is -0.466 e. The molecule has 1 aliphatic rings. The molecule has 1 saturated heterocycles. The van der Waals surface area contributed by atoms with Crippen LogP contribution in [0.15, 0.2) is 30.3 Å². The van der Waals surface area contributed by atoms with E-state index in [1.165, 1.54) is 0 Å². The van der Waals surface area contributed by atoms with Crippen LogP contribution in [0.25, 0.3) is 0 Å². The molecule has 1 amide bonds. The number of amides is 1. The highest BCUT2D eigenvalue weighted by atomic mass is 16.6. The lowest BCUT2D eigenvalue weighted by molar-refractivity contribution is -0.149. The van der Waals surface area contributed by atoms with Crippen molar-refractivity contribution in [2.75, 3.05) is 19.7 Å². The van der Waals surface area contributed by atoms with Crippen molar-refractivity contribution in [3.8, 4) is 5.75 Å². The van der Waals surface area contributed by atoms with Gasteiger partial charge in [0.05, 0.1) is 12.5 Å². The molecule has 20 heavy (non-hydrogen) atoms. The minimum absolute atomic E-state index is 0.232. The quantitative estimate of drug-likeness (QED) is 0.796. The Morgan fingerprint density at radius 3 is 2.75 bits per heavy atom. The number of para-hydroxylation sites is 1. The molecule has 108 valence electrons. The lowest BCUT2D eigenvalue weighted by Crippen LogP contribution is -2.44. The number of nitrogens with zero attached hydrogens (tertiary/aromatic N) is 1. The molecule has 0 aromatic heterocycles. The number of hydrogen-bond donors (Lipinski definition) is 0. The standard InChI is InChI=1S/C15H19NO4/c1-2-19-14(17)12-7-6-10-16(11-12)15(18)20-13-8-4-3-5-9-13/h3-5,8-9,12H,2,6-7,10-11H2,1H3. The summed E-state index contributed by atoms with van der Waals surface area (Å²) in [5.41, 5.74) is 0. The smallest absolute Gasteiger partial charge is 0.415 e. The summed E-state index contributed by atoms with van der Waals surface area (Å²) in [5.74, 6) is 0.0347. The third kappa shape index (κ3) is 3.73. The number of piperidine rings is 1. The van der Waals surface area contributed by atoms with Gasteiger partial charge in [-0.2, -0.15) is 0 Å². The zero-order chi connectivity index (χ0) is 14.4. The summed E-state index contributed by atoms with van der Waals surface area (Å²) in [6, 6.07) is 8.92. The molecule has 5 nitrogen and oxygen atoms in total. The summed E-state index contributed by atoms with van der Waals surface area (Å²) < 4.78 is 10.3. The van der Waals surface area contributed by atoms with E-state index >= 15 is 0 Å². The molecule has 1 atom stereocenters. The Hall–Kier alpha value is -2.04. The second kappa shape index (κ2) is 6.93. The van der Waals surface area contributed by atoms with E-state index in [-0.39, 0.29) is 11.9 Å². The van der Waals surface area contributed by atoms with Gasteiger partial charge in [0.2, 0.25) is 0 Å². The lowest BCUT2D eigenvalue weighted by atomic mass is 9.99. The highest BCUT2D eigenvalue weighted by molar-refractivity contribution is 5.75. The Kier molecular flexibility index (Phi) is 4.98. The second-order valence-electron chi connectivity index (χ2n) is 4.72. The molecule has 0 saturated carbocycles. The van der Waals surface area contributed by atoms with Gasteiger partial charge in [0.25, 0.3) is 0 Å². The fourth-order valence-corrected chi connectivity index (χ4v) is 2.25. The van der Waals surface area contributed by atoms with Gasteiger partial charge < -0.3 is 14.4 Å². The highest BCUT2D eigenvalue weighted by Crippen LogP contribution is 2.19. The van der Waals surface area contributed by atoms with Crippen molar-refractivity contribution in [3.63, 3.8) is 0 Å². The van der Waals surface area contributed by atoms with Gasteiger partial charge in [-0.15, -0.1) is 0 Å². The maximum Gasteiger partial charge on any atom is 0.415 e. The molecule has 0 aliphatic carbocycles. The van der Waals surface area contributed by atoms with Crippen molar-refractivity contribution in [2.24, 2.45) is 5.92 Å². The number of ether oxygens (including phenoxy) is 2. The minimum atomic E-state index is -0.412. The first kappa shape index (κ1) is 14.4. The van der Waals surface area contributed by atoms with E-state index < -0.39 is 6.09 Å². The van der Waals surface area contributed by atoms with Gasteiger partial charge in [-0.05, 0) is 31.9 Å². The first-order chi connectivity index (χ1) is 9.70. The number of carbonyl (C=O) groups is 2. The molecule has 0 bridgehead atoms. The molecule has 1 heterocycles. The Morgan fingerprint density at radius 1 is 1.30 bits per heavy atom. The summed E-state index contributed by atoms with van der Waals surface area (Å²) in [4.78, 5) is 25.3. The fourth-order valence-electron chi connectivity index (χ4n) is 2.25. The first-order valence-electron chi connectivity index (χ1n) is 6.89. The molecule has 1 aliphatic heterocycles. The van der Waals surface area contributed by atoms with E-state index in [2.05, 4.69) is 0 Å². The molecule has 0 radical (unpaired) electrons. The number of esters is 1. The van der Waals surface area contributed by atoms with Crippen molar-refractivity contribution in [1.82, 2.24) is 4.90 Å². The lowest BCUT2D eigenvalue weighted by Gasteiger charge is -2.30. The van der Waals surface area contributed by atoms with Gasteiger partial charge in [0.15, 0.2) is 0 Å². The Labute approximate surface area is 118 Å². The van der Waals surface area contributed by atoms with Gasteiger partial charge in [-0.3, -0.25) is 4.79 Å². The number of hydrogen-bond acceptors (Lipinski definition) is 4. The zero-order valence-electron chi connectivity index (χ0n) is 11.6. The Morgan fingerprint density at radius 2 is 2.05 bits per heavy atom. The van der Waals surface area contributed by atoms with Crippen molar-refractivity contribution in [1.29, 1.82) is 0 Å². The Balaban J connectivity index is 1.91. The number of likely N-dealkylation sites (tertiary alicyclic amines) is 1. The molecule has 1 fully saturated rings. The van der Waals surface area contributed by atoms with Crippen LogP contribution in [-0.2, 0) is 9.53 Å². The van der Waals surface area contributed by atoms with Crippen molar-refractivity contribution < 1.29 is 19.1 Å². The molecule has 1 unspecified atom stereocenters. The van der Waals surface area contributed by atoms with Crippen LogP contribution < -0.4 is 4.74 Å². The summed E-state index contributed by atoms with van der Waals surface area (Å²) in [6.45, 7) is 3.12. The van der Waals surface area contributed by atoms with Gasteiger partial charge in [0, 0.05) is 13.1 Å². The van der Waals surface area contributed by atoms with Crippen LogP contribution in [0.5, 0.6) is 5.75 Å². The van der Waals surface area contributed by atoms with E-state index in [9.17, 15) is 9.59 Å². The maximum absolute atomic E-state index is 12.0. The first-order valence-corrected chi connectivity index (χ1v) is 6.89. The van der Waals surface area contributed by atoms with Gasteiger partial charge >= 0.3 is 12.1 Å². The van der Waals surface area contributed by atoms with Gasteiger partial charge in [-0.1, -0.05) is 18.2 Å². The van der Waals surface area contributed by atoms with Crippen LogP contribution in [-0.4, -0.2) is 36.7 Å². The largest absolute Gasteiger partial charge is 0.466 e. The fraction of sp³-hybridized carbons (Fsp3) is 0.467.